The Morgan fingerprint density at radius 1 is 1.00 bits per heavy atom. The molecular formula is C24H29NO4. The maximum absolute atomic E-state index is 13.1. The van der Waals surface area contributed by atoms with Crippen LogP contribution in [0.15, 0.2) is 54.6 Å². The lowest BCUT2D eigenvalue weighted by atomic mass is 9.87. The van der Waals surface area contributed by atoms with E-state index < -0.39 is 0 Å². The fourth-order valence-electron chi connectivity index (χ4n) is 3.88. The zero-order chi connectivity index (χ0) is 20.6. The van der Waals surface area contributed by atoms with Crippen molar-refractivity contribution in [1.29, 1.82) is 0 Å². The Hall–Kier alpha value is -2.82. The maximum Gasteiger partial charge on any atom is 0.309 e. The molecule has 0 unspecified atom stereocenters. The van der Waals surface area contributed by atoms with Gasteiger partial charge in [0.15, 0.2) is 0 Å². The molecule has 1 amide bonds. The van der Waals surface area contributed by atoms with Crippen LogP contribution < -0.4 is 4.74 Å². The molecule has 1 fully saturated rings. The summed E-state index contributed by atoms with van der Waals surface area (Å²) in [7, 11) is 1.65. The smallest absolute Gasteiger partial charge is 0.309 e. The lowest BCUT2D eigenvalue weighted by molar-refractivity contribution is -0.151. The first kappa shape index (κ1) is 20.9. The second-order valence-electron chi connectivity index (χ2n) is 7.35. The van der Waals surface area contributed by atoms with Gasteiger partial charge in [-0.25, -0.2) is 0 Å². The molecule has 0 aromatic heterocycles. The first-order valence-electron chi connectivity index (χ1n) is 10.3. The monoisotopic (exact) mass is 395 g/mol. The molecule has 2 aromatic rings. The van der Waals surface area contributed by atoms with Gasteiger partial charge in [0.1, 0.15) is 5.75 Å². The normalized spacial score (nSPS) is 15.6. The van der Waals surface area contributed by atoms with Crippen LogP contribution in [-0.4, -0.2) is 43.6 Å². The Kier molecular flexibility index (Phi) is 7.28. The third kappa shape index (κ3) is 5.37. The van der Waals surface area contributed by atoms with Crippen molar-refractivity contribution in [2.75, 3.05) is 26.8 Å². The highest BCUT2D eigenvalue weighted by molar-refractivity contribution is 5.78. The summed E-state index contributed by atoms with van der Waals surface area (Å²) in [5.74, 6) is 0.674. The van der Waals surface area contributed by atoms with E-state index in [1.54, 1.807) is 7.11 Å². The number of carbonyl (C=O) groups excluding carboxylic acids is 2. The minimum Gasteiger partial charge on any atom is -0.497 e. The molecule has 0 aliphatic carbocycles. The molecule has 154 valence electrons. The molecule has 0 spiro atoms. The molecule has 1 saturated heterocycles. The number of hydrogen-bond acceptors (Lipinski definition) is 4. The van der Waals surface area contributed by atoms with Crippen molar-refractivity contribution in [2.45, 2.75) is 32.1 Å². The Labute approximate surface area is 172 Å². The summed E-state index contributed by atoms with van der Waals surface area (Å²) in [5.41, 5.74) is 2.21. The van der Waals surface area contributed by atoms with Gasteiger partial charge in [-0.15, -0.1) is 0 Å². The summed E-state index contributed by atoms with van der Waals surface area (Å²) in [6.45, 7) is 3.43. The standard InChI is InChI=1S/C24H29NO4/c1-3-29-24(27)20-13-15-25(16-14-20)23(26)17-22(18-7-5-4-6-8-18)19-9-11-21(28-2)12-10-19/h4-12,20,22H,3,13-17H2,1-2H3/t22-/m1/s1. The average molecular weight is 395 g/mol. The van der Waals surface area contributed by atoms with E-state index in [-0.39, 0.29) is 23.7 Å². The molecular weight excluding hydrogens is 366 g/mol. The fourth-order valence-corrected chi connectivity index (χ4v) is 3.88. The van der Waals surface area contributed by atoms with E-state index in [1.165, 1.54) is 0 Å². The van der Waals surface area contributed by atoms with Crippen LogP contribution in [0.25, 0.3) is 0 Å². The lowest BCUT2D eigenvalue weighted by Crippen LogP contribution is -2.41. The number of nitrogens with zero attached hydrogens (tertiary/aromatic N) is 1. The zero-order valence-corrected chi connectivity index (χ0v) is 17.2. The van der Waals surface area contributed by atoms with Crippen molar-refractivity contribution in [3.63, 3.8) is 0 Å². The van der Waals surface area contributed by atoms with Crippen molar-refractivity contribution in [2.24, 2.45) is 5.92 Å². The second-order valence-corrected chi connectivity index (χ2v) is 7.35. The molecule has 5 heteroatoms. The van der Waals surface area contributed by atoms with Gasteiger partial charge in [-0.2, -0.15) is 0 Å². The number of ether oxygens (including phenoxy) is 2. The topological polar surface area (TPSA) is 55.8 Å². The van der Waals surface area contributed by atoms with Gasteiger partial charge in [0, 0.05) is 25.4 Å². The van der Waals surface area contributed by atoms with Gasteiger partial charge in [-0.1, -0.05) is 42.5 Å². The molecule has 0 bridgehead atoms. The van der Waals surface area contributed by atoms with Crippen molar-refractivity contribution < 1.29 is 19.1 Å². The molecule has 1 aliphatic rings. The van der Waals surface area contributed by atoms with Gasteiger partial charge in [-0.05, 0) is 43.0 Å². The molecule has 1 atom stereocenters. The van der Waals surface area contributed by atoms with Crippen molar-refractivity contribution in [1.82, 2.24) is 4.90 Å². The van der Waals surface area contributed by atoms with Gasteiger partial charge in [0.25, 0.3) is 0 Å². The highest BCUT2D eigenvalue weighted by Crippen LogP contribution is 2.31. The SMILES string of the molecule is CCOC(=O)C1CCN(C(=O)C[C@H](c2ccccc2)c2ccc(OC)cc2)CC1. The number of hydrogen-bond donors (Lipinski definition) is 0. The fraction of sp³-hybridized carbons (Fsp3) is 0.417. The molecule has 1 heterocycles. The van der Waals surface area contributed by atoms with E-state index in [0.29, 0.717) is 39.0 Å². The number of esters is 1. The average Bonchev–Trinajstić information content (AvgIpc) is 2.78. The van der Waals surface area contributed by atoms with Gasteiger partial charge < -0.3 is 14.4 Å². The van der Waals surface area contributed by atoms with E-state index >= 15 is 0 Å². The second kappa shape index (κ2) is 10.1. The molecule has 0 saturated carbocycles. The Bertz CT molecular complexity index is 795. The number of likely N-dealkylation sites (tertiary alicyclic amines) is 1. The first-order valence-corrected chi connectivity index (χ1v) is 10.3. The number of benzene rings is 2. The molecule has 5 nitrogen and oxygen atoms in total. The van der Waals surface area contributed by atoms with Crippen molar-refractivity contribution in [3.05, 3.63) is 65.7 Å². The van der Waals surface area contributed by atoms with Gasteiger partial charge in [0.2, 0.25) is 5.91 Å². The minimum absolute atomic E-state index is 0.0163. The van der Waals surface area contributed by atoms with E-state index in [1.807, 2.05) is 54.3 Å². The van der Waals surface area contributed by atoms with E-state index in [2.05, 4.69) is 12.1 Å². The van der Waals surface area contributed by atoms with Gasteiger partial charge in [-0.3, -0.25) is 9.59 Å². The quantitative estimate of drug-likeness (QED) is 0.665. The highest BCUT2D eigenvalue weighted by Gasteiger charge is 2.29. The molecule has 29 heavy (non-hydrogen) atoms. The maximum atomic E-state index is 13.1. The van der Waals surface area contributed by atoms with Gasteiger partial charge >= 0.3 is 5.97 Å². The number of methoxy groups -OCH3 is 1. The predicted molar refractivity (Wildman–Crippen MR) is 112 cm³/mol. The van der Waals surface area contributed by atoms with Crippen LogP contribution in [0, 0.1) is 5.92 Å². The van der Waals surface area contributed by atoms with Crippen LogP contribution >= 0.6 is 0 Å². The third-order valence-electron chi connectivity index (χ3n) is 5.57. The van der Waals surface area contributed by atoms with Crippen LogP contribution in [0.5, 0.6) is 5.75 Å². The Morgan fingerprint density at radius 3 is 2.21 bits per heavy atom. The van der Waals surface area contributed by atoms with Gasteiger partial charge in [0.05, 0.1) is 19.6 Å². The van der Waals surface area contributed by atoms with E-state index in [9.17, 15) is 9.59 Å². The predicted octanol–water partition coefficient (Wildman–Crippen LogP) is 4.02. The van der Waals surface area contributed by atoms with E-state index in [4.69, 9.17) is 9.47 Å². The lowest BCUT2D eigenvalue weighted by Gasteiger charge is -2.32. The summed E-state index contributed by atoms with van der Waals surface area (Å²) in [5, 5.41) is 0. The minimum atomic E-state index is -0.139. The first-order chi connectivity index (χ1) is 14.1. The Balaban J connectivity index is 1.69. The van der Waals surface area contributed by atoms with Crippen LogP contribution in [0.1, 0.15) is 43.2 Å². The number of carbonyl (C=O) groups is 2. The molecule has 3 rings (SSSR count). The third-order valence-corrected chi connectivity index (χ3v) is 5.57. The summed E-state index contributed by atoms with van der Waals surface area (Å²) >= 11 is 0. The highest BCUT2D eigenvalue weighted by atomic mass is 16.5. The summed E-state index contributed by atoms with van der Waals surface area (Å²) in [6, 6.07) is 18.0. The van der Waals surface area contributed by atoms with Crippen molar-refractivity contribution >= 4 is 11.9 Å². The molecule has 0 radical (unpaired) electrons. The van der Waals surface area contributed by atoms with Crippen LogP contribution in [0.4, 0.5) is 0 Å². The summed E-state index contributed by atoms with van der Waals surface area (Å²) in [4.78, 5) is 26.9. The van der Waals surface area contributed by atoms with Crippen LogP contribution in [0.2, 0.25) is 0 Å². The van der Waals surface area contributed by atoms with Crippen molar-refractivity contribution in [3.8, 4) is 5.75 Å². The summed E-state index contributed by atoms with van der Waals surface area (Å²) in [6.07, 6.45) is 1.74. The number of amides is 1. The molecule has 2 aromatic carbocycles. The Morgan fingerprint density at radius 2 is 1.62 bits per heavy atom. The number of rotatable bonds is 7. The number of piperidine rings is 1. The van der Waals surface area contributed by atoms with E-state index in [0.717, 1.165) is 16.9 Å². The van der Waals surface area contributed by atoms with Crippen LogP contribution in [0.3, 0.4) is 0 Å². The molecule has 1 aliphatic heterocycles. The zero-order valence-electron chi connectivity index (χ0n) is 17.2. The molecule has 0 N–H and O–H groups in total. The van der Waals surface area contributed by atoms with Crippen LogP contribution in [-0.2, 0) is 14.3 Å². The summed E-state index contributed by atoms with van der Waals surface area (Å²) < 4.78 is 10.4. The largest absolute Gasteiger partial charge is 0.497 e.